The molecule has 0 aliphatic heterocycles. The van der Waals surface area contributed by atoms with E-state index in [9.17, 15) is 14.9 Å². The van der Waals surface area contributed by atoms with Gasteiger partial charge in [-0.15, -0.1) is 0 Å². The number of hydrogen-bond donors (Lipinski definition) is 0. The molecular formula is C21H14ClN3O3. The molecule has 0 unspecified atom stereocenters. The van der Waals surface area contributed by atoms with E-state index in [0.717, 1.165) is 0 Å². The molecule has 0 amide bonds. The molecule has 0 saturated heterocycles. The van der Waals surface area contributed by atoms with Crippen LogP contribution < -0.4 is 5.56 Å². The Morgan fingerprint density at radius 2 is 1.75 bits per heavy atom. The maximum absolute atomic E-state index is 13.2. The molecule has 6 nitrogen and oxygen atoms in total. The van der Waals surface area contributed by atoms with E-state index in [1.165, 1.54) is 16.7 Å². The molecule has 7 heteroatoms. The average molecular weight is 392 g/mol. The third kappa shape index (κ3) is 3.25. The largest absolute Gasteiger partial charge is 0.269 e. The number of benzene rings is 3. The lowest BCUT2D eigenvalue weighted by atomic mass is 10.1. The molecule has 0 saturated carbocycles. The number of non-ortho nitro benzene ring substituents is 1. The summed E-state index contributed by atoms with van der Waals surface area (Å²) in [6, 6.07) is 20.4. The van der Waals surface area contributed by atoms with Gasteiger partial charge in [0.1, 0.15) is 5.82 Å². The van der Waals surface area contributed by atoms with Crippen molar-refractivity contribution in [3.05, 3.63) is 110 Å². The van der Waals surface area contributed by atoms with Gasteiger partial charge in [0.15, 0.2) is 0 Å². The minimum absolute atomic E-state index is 0.00932. The predicted octanol–water partition coefficient (Wildman–Crippen LogP) is 4.54. The standard InChI is InChI=1S/C21H14ClN3O3/c22-17-9-2-4-11-19(17)24-20(13-14-6-5-7-15(12-14)25(27)28)23-18-10-3-1-8-16(18)21(24)26/h1-12H,13H2. The van der Waals surface area contributed by atoms with E-state index < -0.39 is 4.92 Å². The van der Waals surface area contributed by atoms with Crippen LogP contribution in [0.25, 0.3) is 16.6 Å². The topological polar surface area (TPSA) is 78.0 Å². The number of nitrogens with zero attached hydrogens (tertiary/aromatic N) is 3. The Kier molecular flexibility index (Phi) is 4.63. The van der Waals surface area contributed by atoms with Crippen molar-refractivity contribution in [3.63, 3.8) is 0 Å². The molecule has 1 heterocycles. The van der Waals surface area contributed by atoms with E-state index >= 15 is 0 Å². The van der Waals surface area contributed by atoms with Crippen LogP contribution in [0.1, 0.15) is 11.4 Å². The zero-order valence-electron chi connectivity index (χ0n) is 14.6. The summed E-state index contributed by atoms with van der Waals surface area (Å²) in [6.07, 6.45) is 0.243. The molecule has 0 N–H and O–H groups in total. The molecule has 0 atom stereocenters. The molecule has 0 radical (unpaired) electrons. The Balaban J connectivity index is 1.96. The molecule has 28 heavy (non-hydrogen) atoms. The number of nitro groups is 1. The Morgan fingerprint density at radius 1 is 1.00 bits per heavy atom. The van der Waals surface area contributed by atoms with Gasteiger partial charge in [-0.05, 0) is 29.8 Å². The first-order valence-electron chi connectivity index (χ1n) is 8.53. The number of nitro benzene ring substituents is 1. The minimum atomic E-state index is -0.446. The lowest BCUT2D eigenvalue weighted by molar-refractivity contribution is -0.384. The summed E-state index contributed by atoms with van der Waals surface area (Å²) < 4.78 is 1.48. The van der Waals surface area contributed by atoms with Crippen LogP contribution in [0.3, 0.4) is 0 Å². The molecule has 0 fully saturated rings. The quantitative estimate of drug-likeness (QED) is 0.378. The molecule has 0 bridgehead atoms. The van der Waals surface area contributed by atoms with E-state index in [1.807, 2.05) is 6.07 Å². The van der Waals surface area contributed by atoms with Gasteiger partial charge in [0.25, 0.3) is 11.2 Å². The Bertz CT molecular complexity index is 1270. The Morgan fingerprint density at radius 3 is 2.54 bits per heavy atom. The van der Waals surface area contributed by atoms with Crippen molar-refractivity contribution >= 4 is 28.2 Å². The van der Waals surface area contributed by atoms with Crippen LogP contribution in [0.5, 0.6) is 0 Å². The number of halogens is 1. The van der Waals surface area contributed by atoms with Crippen molar-refractivity contribution in [1.82, 2.24) is 9.55 Å². The number of para-hydroxylation sites is 2. The highest BCUT2D eigenvalue weighted by atomic mass is 35.5. The second kappa shape index (κ2) is 7.25. The normalized spacial score (nSPS) is 10.9. The van der Waals surface area contributed by atoms with Gasteiger partial charge in [-0.1, -0.05) is 48.0 Å². The third-order valence-corrected chi connectivity index (χ3v) is 4.74. The fourth-order valence-electron chi connectivity index (χ4n) is 3.14. The molecular weight excluding hydrogens is 378 g/mol. The van der Waals surface area contributed by atoms with Gasteiger partial charge < -0.3 is 0 Å². The zero-order chi connectivity index (χ0) is 19.7. The second-order valence-corrected chi connectivity index (χ2v) is 6.65. The SMILES string of the molecule is O=c1c2ccccc2nc(Cc2cccc([N+](=O)[O-])c2)n1-c1ccccc1Cl. The summed E-state index contributed by atoms with van der Waals surface area (Å²) in [7, 11) is 0. The van der Waals surface area contributed by atoms with E-state index in [-0.39, 0.29) is 17.7 Å². The molecule has 0 spiro atoms. The van der Waals surface area contributed by atoms with Crippen LogP contribution in [-0.4, -0.2) is 14.5 Å². The monoisotopic (exact) mass is 391 g/mol. The van der Waals surface area contributed by atoms with Gasteiger partial charge in [0.2, 0.25) is 0 Å². The van der Waals surface area contributed by atoms with E-state index in [4.69, 9.17) is 11.6 Å². The number of fused-ring (bicyclic) bond motifs is 1. The highest BCUT2D eigenvalue weighted by Gasteiger charge is 2.16. The average Bonchev–Trinajstić information content (AvgIpc) is 2.69. The summed E-state index contributed by atoms with van der Waals surface area (Å²) in [6.45, 7) is 0. The Labute approximate surface area is 164 Å². The van der Waals surface area contributed by atoms with Crippen LogP contribution in [-0.2, 0) is 6.42 Å². The fraction of sp³-hybridized carbons (Fsp3) is 0.0476. The third-order valence-electron chi connectivity index (χ3n) is 4.42. The van der Waals surface area contributed by atoms with Crippen molar-refractivity contribution in [2.24, 2.45) is 0 Å². The maximum atomic E-state index is 13.2. The highest BCUT2D eigenvalue weighted by molar-refractivity contribution is 6.32. The summed E-state index contributed by atoms with van der Waals surface area (Å²) in [4.78, 5) is 28.5. The van der Waals surface area contributed by atoms with Gasteiger partial charge in [0, 0.05) is 18.6 Å². The van der Waals surface area contributed by atoms with Gasteiger partial charge >= 0.3 is 0 Å². The van der Waals surface area contributed by atoms with Crippen molar-refractivity contribution in [3.8, 4) is 5.69 Å². The van der Waals surface area contributed by atoms with Gasteiger partial charge in [-0.3, -0.25) is 19.5 Å². The van der Waals surface area contributed by atoms with E-state index in [2.05, 4.69) is 4.98 Å². The maximum Gasteiger partial charge on any atom is 0.269 e. The predicted molar refractivity (Wildman–Crippen MR) is 108 cm³/mol. The van der Waals surface area contributed by atoms with Crippen LogP contribution in [0, 0.1) is 10.1 Å². The lowest BCUT2D eigenvalue weighted by Crippen LogP contribution is -2.24. The van der Waals surface area contributed by atoms with Gasteiger partial charge in [-0.25, -0.2) is 4.98 Å². The van der Waals surface area contributed by atoms with Gasteiger partial charge in [-0.2, -0.15) is 0 Å². The number of hydrogen-bond acceptors (Lipinski definition) is 4. The van der Waals surface area contributed by atoms with Crippen LogP contribution in [0.2, 0.25) is 5.02 Å². The van der Waals surface area contributed by atoms with E-state index in [1.54, 1.807) is 54.6 Å². The van der Waals surface area contributed by atoms with Crippen molar-refractivity contribution in [1.29, 1.82) is 0 Å². The number of rotatable bonds is 4. The highest BCUT2D eigenvalue weighted by Crippen LogP contribution is 2.23. The first-order chi connectivity index (χ1) is 13.5. The summed E-state index contributed by atoms with van der Waals surface area (Å²) in [5.41, 5.74) is 1.52. The molecule has 3 aromatic carbocycles. The molecule has 4 aromatic rings. The zero-order valence-corrected chi connectivity index (χ0v) is 15.3. The molecule has 0 aliphatic carbocycles. The molecule has 0 aliphatic rings. The van der Waals surface area contributed by atoms with Crippen molar-refractivity contribution < 1.29 is 4.92 Å². The molecule has 1 aromatic heterocycles. The molecule has 138 valence electrons. The summed E-state index contributed by atoms with van der Waals surface area (Å²) >= 11 is 6.35. The minimum Gasteiger partial charge on any atom is -0.268 e. The summed E-state index contributed by atoms with van der Waals surface area (Å²) in [5.74, 6) is 0.456. The first kappa shape index (κ1) is 17.9. The van der Waals surface area contributed by atoms with Crippen molar-refractivity contribution in [2.75, 3.05) is 0 Å². The van der Waals surface area contributed by atoms with Crippen molar-refractivity contribution in [2.45, 2.75) is 6.42 Å². The van der Waals surface area contributed by atoms with Crippen LogP contribution in [0.4, 0.5) is 5.69 Å². The Hall–Kier alpha value is -3.51. The number of aromatic nitrogens is 2. The fourth-order valence-corrected chi connectivity index (χ4v) is 3.36. The van der Waals surface area contributed by atoms with Crippen LogP contribution >= 0.6 is 11.6 Å². The second-order valence-electron chi connectivity index (χ2n) is 6.24. The van der Waals surface area contributed by atoms with E-state index in [0.29, 0.717) is 33.0 Å². The summed E-state index contributed by atoms with van der Waals surface area (Å²) in [5, 5.41) is 12.0. The van der Waals surface area contributed by atoms with Crippen LogP contribution in [0.15, 0.2) is 77.6 Å². The first-order valence-corrected chi connectivity index (χ1v) is 8.91. The smallest absolute Gasteiger partial charge is 0.268 e. The lowest BCUT2D eigenvalue weighted by Gasteiger charge is -2.15. The van der Waals surface area contributed by atoms with Gasteiger partial charge in [0.05, 0.1) is 26.5 Å². The molecule has 4 rings (SSSR count).